The Bertz CT molecular complexity index is 776. The molecule has 0 fully saturated rings. The fraction of sp³-hybridized carbons (Fsp3) is 0.222. The number of ketones is 1. The van der Waals surface area contributed by atoms with Crippen LogP contribution in [0.5, 0.6) is 0 Å². The van der Waals surface area contributed by atoms with Gasteiger partial charge in [-0.3, -0.25) is 9.59 Å². The highest BCUT2D eigenvalue weighted by molar-refractivity contribution is 6.31. The average Bonchev–Trinajstić information content (AvgIpc) is 2.55. The number of alkyl halides is 3. The second kappa shape index (κ2) is 7.70. The van der Waals surface area contributed by atoms with E-state index < -0.39 is 30.8 Å². The molecule has 0 bridgehead atoms. The number of anilines is 1. The van der Waals surface area contributed by atoms with Gasteiger partial charge in [0.15, 0.2) is 5.78 Å². The van der Waals surface area contributed by atoms with E-state index in [1.54, 1.807) is 30.3 Å². The third-order valence-electron chi connectivity index (χ3n) is 3.53. The molecule has 0 radical (unpaired) electrons. The topological polar surface area (TPSA) is 37.4 Å². The van der Waals surface area contributed by atoms with Crippen LogP contribution in [0.3, 0.4) is 0 Å². The van der Waals surface area contributed by atoms with Crippen LogP contribution in [0, 0.1) is 0 Å². The summed E-state index contributed by atoms with van der Waals surface area (Å²) in [6.07, 6.45) is -5.59. The molecule has 2 aromatic carbocycles. The molecule has 0 aromatic heterocycles. The second-order valence-electron chi connectivity index (χ2n) is 5.39. The third kappa shape index (κ3) is 5.06. The molecule has 3 nitrogen and oxygen atoms in total. The zero-order chi connectivity index (χ0) is 18.6. The fourth-order valence-electron chi connectivity index (χ4n) is 2.36. The summed E-state index contributed by atoms with van der Waals surface area (Å²) in [6.45, 7) is 0.581. The molecule has 0 aliphatic heterocycles. The molecule has 2 rings (SSSR count). The zero-order valence-corrected chi connectivity index (χ0v) is 14.1. The van der Waals surface area contributed by atoms with Gasteiger partial charge in [-0.2, -0.15) is 13.2 Å². The number of carbonyl (C=O) groups excluding carboxylic acids is 2. The molecular weight excluding hydrogens is 355 g/mol. The van der Waals surface area contributed by atoms with Crippen molar-refractivity contribution in [3.8, 4) is 0 Å². The van der Waals surface area contributed by atoms with Gasteiger partial charge in [-0.1, -0.05) is 41.9 Å². The predicted octanol–water partition coefficient (Wildman–Crippen LogP) is 4.88. The van der Waals surface area contributed by atoms with Crippen molar-refractivity contribution in [2.45, 2.75) is 19.5 Å². The lowest BCUT2D eigenvalue weighted by Gasteiger charge is -2.24. The van der Waals surface area contributed by atoms with Gasteiger partial charge >= 0.3 is 6.18 Å². The molecule has 0 saturated heterocycles. The van der Waals surface area contributed by atoms with Crippen molar-refractivity contribution in [2.24, 2.45) is 0 Å². The first kappa shape index (κ1) is 19.0. The second-order valence-corrected chi connectivity index (χ2v) is 5.83. The van der Waals surface area contributed by atoms with Gasteiger partial charge in [-0.05, 0) is 18.2 Å². The molecule has 0 N–H and O–H groups in total. The van der Waals surface area contributed by atoms with Gasteiger partial charge < -0.3 is 4.90 Å². The molecule has 0 aliphatic rings. The maximum absolute atomic E-state index is 12.7. The lowest BCUT2D eigenvalue weighted by atomic mass is 10.0. The molecule has 1 amide bonds. The lowest BCUT2D eigenvalue weighted by Crippen LogP contribution is -2.33. The quantitative estimate of drug-likeness (QED) is 0.705. The number of amides is 1. The first-order valence-corrected chi connectivity index (χ1v) is 7.81. The van der Waals surface area contributed by atoms with E-state index in [9.17, 15) is 22.8 Å². The van der Waals surface area contributed by atoms with Crippen LogP contribution in [0.4, 0.5) is 18.9 Å². The Hall–Kier alpha value is -2.34. The van der Waals surface area contributed by atoms with Crippen molar-refractivity contribution < 1.29 is 22.8 Å². The Balaban J connectivity index is 2.45. The fourth-order valence-corrected chi connectivity index (χ4v) is 2.53. The first-order chi connectivity index (χ1) is 11.7. The van der Waals surface area contributed by atoms with E-state index >= 15 is 0 Å². The standard InChI is InChI=1S/C18H15ClF3NO2/c1-12(24)23(10-9-18(20,21)22)16-8-7-14(19)11-15(16)17(25)13-5-3-2-4-6-13/h2-8,11H,9-10H2,1H3. The van der Waals surface area contributed by atoms with Crippen molar-refractivity contribution >= 4 is 29.0 Å². The Morgan fingerprint density at radius 1 is 1.08 bits per heavy atom. The van der Waals surface area contributed by atoms with Gasteiger partial charge in [0.25, 0.3) is 0 Å². The van der Waals surface area contributed by atoms with Crippen molar-refractivity contribution in [1.29, 1.82) is 0 Å². The Labute approximate surface area is 148 Å². The van der Waals surface area contributed by atoms with Gasteiger partial charge in [0.2, 0.25) is 5.91 Å². The predicted molar refractivity (Wildman–Crippen MR) is 90.0 cm³/mol. The number of hydrogen-bond donors (Lipinski definition) is 0. The molecule has 0 heterocycles. The summed E-state index contributed by atoms with van der Waals surface area (Å²) in [6, 6.07) is 12.4. The number of nitrogens with zero attached hydrogens (tertiary/aromatic N) is 1. The SMILES string of the molecule is CC(=O)N(CCC(F)(F)F)c1ccc(Cl)cc1C(=O)c1ccccc1. The first-order valence-electron chi connectivity index (χ1n) is 7.43. The van der Waals surface area contributed by atoms with Crippen LogP contribution in [-0.4, -0.2) is 24.4 Å². The van der Waals surface area contributed by atoms with Crippen LogP contribution < -0.4 is 4.90 Å². The number of benzene rings is 2. The molecule has 0 aliphatic carbocycles. The van der Waals surface area contributed by atoms with Gasteiger partial charge in [0, 0.05) is 29.6 Å². The molecule has 25 heavy (non-hydrogen) atoms. The summed E-state index contributed by atoms with van der Waals surface area (Å²) in [5, 5.41) is 0.252. The van der Waals surface area contributed by atoms with E-state index in [-0.39, 0.29) is 16.3 Å². The number of halogens is 4. The van der Waals surface area contributed by atoms with E-state index in [4.69, 9.17) is 11.6 Å². The van der Waals surface area contributed by atoms with Crippen LogP contribution in [0.1, 0.15) is 29.3 Å². The van der Waals surface area contributed by atoms with Crippen molar-refractivity contribution in [3.63, 3.8) is 0 Å². The van der Waals surface area contributed by atoms with Gasteiger partial charge in [-0.15, -0.1) is 0 Å². The Morgan fingerprint density at radius 2 is 1.72 bits per heavy atom. The van der Waals surface area contributed by atoms with Crippen molar-refractivity contribution in [2.75, 3.05) is 11.4 Å². The van der Waals surface area contributed by atoms with Crippen molar-refractivity contribution in [1.82, 2.24) is 0 Å². The van der Waals surface area contributed by atoms with E-state index in [0.717, 1.165) is 11.8 Å². The molecule has 0 unspecified atom stereocenters. The molecule has 0 spiro atoms. The van der Waals surface area contributed by atoms with Crippen LogP contribution in [0.25, 0.3) is 0 Å². The van der Waals surface area contributed by atoms with E-state index in [2.05, 4.69) is 0 Å². The number of carbonyl (C=O) groups is 2. The van der Waals surface area contributed by atoms with E-state index in [1.807, 2.05) is 0 Å². The average molecular weight is 370 g/mol. The lowest BCUT2D eigenvalue weighted by molar-refractivity contribution is -0.133. The molecule has 0 atom stereocenters. The van der Waals surface area contributed by atoms with Gasteiger partial charge in [0.05, 0.1) is 12.1 Å². The Morgan fingerprint density at radius 3 is 2.28 bits per heavy atom. The van der Waals surface area contributed by atoms with Crippen LogP contribution in [0.15, 0.2) is 48.5 Å². The number of rotatable bonds is 5. The largest absolute Gasteiger partial charge is 0.390 e. The minimum Gasteiger partial charge on any atom is -0.312 e. The van der Waals surface area contributed by atoms with Gasteiger partial charge in [-0.25, -0.2) is 0 Å². The maximum Gasteiger partial charge on any atom is 0.390 e. The summed E-state index contributed by atoms with van der Waals surface area (Å²) in [5.74, 6) is -1.01. The highest BCUT2D eigenvalue weighted by Crippen LogP contribution is 2.29. The highest BCUT2D eigenvalue weighted by Gasteiger charge is 2.30. The summed E-state index contributed by atoms with van der Waals surface area (Å²) in [7, 11) is 0. The highest BCUT2D eigenvalue weighted by atomic mass is 35.5. The van der Waals surface area contributed by atoms with Gasteiger partial charge in [0.1, 0.15) is 0 Å². The minimum atomic E-state index is -4.41. The van der Waals surface area contributed by atoms with Crippen LogP contribution in [0.2, 0.25) is 5.02 Å². The maximum atomic E-state index is 12.7. The normalized spacial score (nSPS) is 11.2. The summed E-state index contributed by atoms with van der Waals surface area (Å²) in [5.41, 5.74) is 0.538. The van der Waals surface area contributed by atoms with E-state index in [0.29, 0.717) is 5.56 Å². The smallest absolute Gasteiger partial charge is 0.312 e. The molecular formula is C18H15ClF3NO2. The number of hydrogen-bond acceptors (Lipinski definition) is 2. The third-order valence-corrected chi connectivity index (χ3v) is 3.76. The summed E-state index contributed by atoms with van der Waals surface area (Å²) >= 11 is 5.95. The van der Waals surface area contributed by atoms with E-state index in [1.165, 1.54) is 18.2 Å². The summed E-state index contributed by atoms with van der Waals surface area (Å²) < 4.78 is 37.7. The molecule has 7 heteroatoms. The van der Waals surface area contributed by atoms with Crippen LogP contribution >= 0.6 is 11.6 Å². The summed E-state index contributed by atoms with van der Waals surface area (Å²) in [4.78, 5) is 25.5. The Kier molecular flexibility index (Phi) is 5.85. The minimum absolute atomic E-state index is 0.0797. The molecule has 2 aromatic rings. The van der Waals surface area contributed by atoms with Crippen LogP contribution in [-0.2, 0) is 4.79 Å². The van der Waals surface area contributed by atoms with Crippen molar-refractivity contribution in [3.05, 3.63) is 64.7 Å². The molecule has 132 valence electrons. The molecule has 0 saturated carbocycles. The zero-order valence-electron chi connectivity index (χ0n) is 13.3. The monoisotopic (exact) mass is 369 g/mol.